The first-order valence-electron chi connectivity index (χ1n) is 9.24. The SMILES string of the molecule is Cc1cc(C)cc(-n2ncc3c(OCC(=O)Nc4cccc(C#N)c4)ncnc32)c1. The molecule has 0 saturated heterocycles. The summed E-state index contributed by atoms with van der Waals surface area (Å²) in [6, 6.07) is 14.8. The molecule has 2 aromatic carbocycles. The van der Waals surface area contributed by atoms with Crippen molar-refractivity contribution in [3.05, 3.63) is 71.7 Å². The molecule has 0 saturated carbocycles. The summed E-state index contributed by atoms with van der Waals surface area (Å²) in [5.74, 6) is -0.0879. The molecule has 1 amide bonds. The van der Waals surface area contributed by atoms with Gasteiger partial charge in [-0.1, -0.05) is 12.1 Å². The Hall–Kier alpha value is -4.25. The number of rotatable bonds is 5. The first kappa shape index (κ1) is 19.1. The summed E-state index contributed by atoms with van der Waals surface area (Å²) in [7, 11) is 0. The van der Waals surface area contributed by atoms with Crippen molar-refractivity contribution >= 4 is 22.6 Å². The van der Waals surface area contributed by atoms with Crippen LogP contribution in [-0.4, -0.2) is 32.3 Å². The molecule has 0 bridgehead atoms. The van der Waals surface area contributed by atoms with Crippen molar-refractivity contribution in [3.8, 4) is 17.6 Å². The van der Waals surface area contributed by atoms with Gasteiger partial charge in [-0.3, -0.25) is 4.79 Å². The highest BCUT2D eigenvalue weighted by Gasteiger charge is 2.14. The van der Waals surface area contributed by atoms with Crippen LogP contribution >= 0.6 is 0 Å². The second-order valence-electron chi connectivity index (χ2n) is 6.85. The highest BCUT2D eigenvalue weighted by atomic mass is 16.5. The Morgan fingerprint density at radius 2 is 1.97 bits per heavy atom. The van der Waals surface area contributed by atoms with Gasteiger partial charge in [-0.05, 0) is 55.3 Å². The lowest BCUT2D eigenvalue weighted by atomic mass is 10.1. The lowest BCUT2D eigenvalue weighted by molar-refractivity contribution is -0.118. The maximum Gasteiger partial charge on any atom is 0.262 e. The number of nitriles is 1. The molecule has 4 rings (SSSR count). The number of ether oxygens (including phenoxy) is 1. The number of carbonyl (C=O) groups excluding carboxylic acids is 1. The summed E-state index contributed by atoms with van der Waals surface area (Å²) in [4.78, 5) is 20.7. The molecule has 4 aromatic rings. The van der Waals surface area contributed by atoms with Crippen molar-refractivity contribution in [3.63, 3.8) is 0 Å². The molecule has 148 valence electrons. The van der Waals surface area contributed by atoms with Gasteiger partial charge >= 0.3 is 0 Å². The molecule has 0 aliphatic heterocycles. The first-order chi connectivity index (χ1) is 14.5. The standard InChI is InChI=1S/C22H18N6O2/c1-14-6-15(2)8-18(7-14)28-21-19(11-26-28)22(25-13-24-21)30-12-20(29)27-17-5-3-4-16(9-17)10-23/h3-9,11,13H,12H2,1-2H3,(H,27,29). The Labute approximate surface area is 172 Å². The molecule has 0 spiro atoms. The van der Waals surface area contributed by atoms with Crippen LogP contribution in [0.3, 0.4) is 0 Å². The fourth-order valence-corrected chi connectivity index (χ4v) is 3.20. The van der Waals surface area contributed by atoms with Crippen LogP contribution in [-0.2, 0) is 4.79 Å². The van der Waals surface area contributed by atoms with Crippen LogP contribution < -0.4 is 10.1 Å². The Balaban J connectivity index is 1.53. The van der Waals surface area contributed by atoms with Crippen molar-refractivity contribution in [1.29, 1.82) is 5.26 Å². The smallest absolute Gasteiger partial charge is 0.262 e. The van der Waals surface area contributed by atoms with E-state index in [1.807, 2.05) is 32.0 Å². The zero-order valence-corrected chi connectivity index (χ0v) is 16.5. The molecule has 1 N–H and O–H groups in total. The third-order valence-corrected chi connectivity index (χ3v) is 4.40. The fraction of sp³-hybridized carbons (Fsp3) is 0.136. The molecule has 0 fully saturated rings. The highest BCUT2D eigenvalue weighted by Crippen LogP contribution is 2.24. The Kier molecular flexibility index (Phi) is 5.09. The number of hydrogen-bond acceptors (Lipinski definition) is 6. The van der Waals surface area contributed by atoms with Gasteiger partial charge in [-0.15, -0.1) is 0 Å². The minimum Gasteiger partial charge on any atom is -0.467 e. The Morgan fingerprint density at radius 3 is 2.73 bits per heavy atom. The quantitative estimate of drug-likeness (QED) is 0.553. The van der Waals surface area contributed by atoms with Crippen LogP contribution in [0, 0.1) is 25.2 Å². The van der Waals surface area contributed by atoms with E-state index in [1.54, 1.807) is 35.1 Å². The topological polar surface area (TPSA) is 106 Å². The van der Waals surface area contributed by atoms with Crippen LogP contribution in [0.5, 0.6) is 5.88 Å². The van der Waals surface area contributed by atoms with E-state index in [9.17, 15) is 4.79 Å². The largest absolute Gasteiger partial charge is 0.467 e. The van der Waals surface area contributed by atoms with Gasteiger partial charge in [-0.25, -0.2) is 14.6 Å². The van der Waals surface area contributed by atoms with E-state index in [1.165, 1.54) is 6.33 Å². The third-order valence-electron chi connectivity index (χ3n) is 4.40. The Bertz CT molecular complexity index is 1270. The third kappa shape index (κ3) is 3.95. The number of carbonyl (C=O) groups is 1. The van der Waals surface area contributed by atoms with Gasteiger partial charge in [0.1, 0.15) is 11.7 Å². The predicted octanol–water partition coefficient (Wildman–Crippen LogP) is 3.32. The minimum absolute atomic E-state index is 0.238. The normalized spacial score (nSPS) is 10.6. The number of nitrogens with one attached hydrogen (secondary N) is 1. The fourth-order valence-electron chi connectivity index (χ4n) is 3.20. The van der Waals surface area contributed by atoms with Crippen LogP contribution in [0.25, 0.3) is 16.7 Å². The molecule has 0 unspecified atom stereocenters. The number of aryl methyl sites for hydroxylation is 2. The van der Waals surface area contributed by atoms with E-state index in [0.717, 1.165) is 16.8 Å². The van der Waals surface area contributed by atoms with Gasteiger partial charge in [0.25, 0.3) is 5.91 Å². The highest BCUT2D eigenvalue weighted by molar-refractivity contribution is 5.92. The van der Waals surface area contributed by atoms with Gasteiger partial charge < -0.3 is 10.1 Å². The summed E-state index contributed by atoms with van der Waals surface area (Å²) in [5, 5.41) is 16.7. The number of amides is 1. The zero-order chi connectivity index (χ0) is 21.1. The second kappa shape index (κ2) is 8.01. The maximum absolute atomic E-state index is 12.2. The number of nitrogens with zero attached hydrogens (tertiary/aromatic N) is 5. The summed E-state index contributed by atoms with van der Waals surface area (Å²) in [5.41, 5.74) is 4.71. The molecule has 2 aromatic heterocycles. The van der Waals surface area contributed by atoms with Crippen LogP contribution in [0.4, 0.5) is 5.69 Å². The average molecular weight is 398 g/mol. The van der Waals surface area contributed by atoms with E-state index in [-0.39, 0.29) is 18.4 Å². The molecule has 8 nitrogen and oxygen atoms in total. The molecule has 0 radical (unpaired) electrons. The first-order valence-corrected chi connectivity index (χ1v) is 9.24. The molecule has 8 heteroatoms. The van der Waals surface area contributed by atoms with Crippen LogP contribution in [0.2, 0.25) is 0 Å². The summed E-state index contributed by atoms with van der Waals surface area (Å²) in [6.07, 6.45) is 3.00. The van der Waals surface area contributed by atoms with Gasteiger partial charge in [-0.2, -0.15) is 10.4 Å². The molecule has 30 heavy (non-hydrogen) atoms. The van der Waals surface area contributed by atoms with E-state index in [4.69, 9.17) is 10.00 Å². The summed E-state index contributed by atoms with van der Waals surface area (Å²) in [6.45, 7) is 3.81. The van der Waals surface area contributed by atoms with Gasteiger partial charge in [0.2, 0.25) is 5.88 Å². The van der Waals surface area contributed by atoms with Crippen molar-refractivity contribution in [1.82, 2.24) is 19.7 Å². The van der Waals surface area contributed by atoms with E-state index < -0.39 is 0 Å². The number of anilines is 1. The molecular formula is C22H18N6O2. The van der Waals surface area contributed by atoms with Crippen molar-refractivity contribution in [2.45, 2.75) is 13.8 Å². The average Bonchev–Trinajstić information content (AvgIpc) is 3.16. The number of benzene rings is 2. The Morgan fingerprint density at radius 1 is 1.17 bits per heavy atom. The van der Waals surface area contributed by atoms with Gasteiger partial charge in [0.05, 0.1) is 23.5 Å². The number of fused-ring (bicyclic) bond motifs is 1. The lowest BCUT2D eigenvalue weighted by Gasteiger charge is -2.08. The van der Waals surface area contributed by atoms with Crippen molar-refractivity contribution in [2.24, 2.45) is 0 Å². The summed E-state index contributed by atoms with van der Waals surface area (Å²) < 4.78 is 7.34. The van der Waals surface area contributed by atoms with Crippen molar-refractivity contribution < 1.29 is 9.53 Å². The van der Waals surface area contributed by atoms with E-state index in [0.29, 0.717) is 22.3 Å². The molecule has 0 atom stereocenters. The molecule has 2 heterocycles. The number of aromatic nitrogens is 4. The van der Waals surface area contributed by atoms with Crippen LogP contribution in [0.15, 0.2) is 55.0 Å². The molecule has 0 aliphatic carbocycles. The number of hydrogen-bond donors (Lipinski definition) is 1. The van der Waals surface area contributed by atoms with E-state index >= 15 is 0 Å². The van der Waals surface area contributed by atoms with Crippen LogP contribution in [0.1, 0.15) is 16.7 Å². The predicted molar refractivity (Wildman–Crippen MR) is 111 cm³/mol. The molecule has 0 aliphatic rings. The monoisotopic (exact) mass is 398 g/mol. The van der Waals surface area contributed by atoms with Gasteiger partial charge in [0, 0.05) is 5.69 Å². The zero-order valence-electron chi connectivity index (χ0n) is 16.5. The van der Waals surface area contributed by atoms with Gasteiger partial charge in [0.15, 0.2) is 12.3 Å². The second-order valence-corrected chi connectivity index (χ2v) is 6.85. The van der Waals surface area contributed by atoms with E-state index in [2.05, 4.69) is 26.4 Å². The molecular weight excluding hydrogens is 380 g/mol. The lowest BCUT2D eigenvalue weighted by Crippen LogP contribution is -2.20. The maximum atomic E-state index is 12.2. The summed E-state index contributed by atoms with van der Waals surface area (Å²) >= 11 is 0. The minimum atomic E-state index is -0.362. The van der Waals surface area contributed by atoms with Crippen molar-refractivity contribution in [2.75, 3.05) is 11.9 Å².